The first kappa shape index (κ1) is 14.1. The zero-order chi connectivity index (χ0) is 13.7. The minimum atomic E-state index is -0.359. The number of rotatable bonds is 5. The molecule has 1 heterocycles. The predicted molar refractivity (Wildman–Crippen MR) is 79.3 cm³/mol. The highest BCUT2D eigenvalue weighted by Crippen LogP contribution is 2.25. The van der Waals surface area contributed by atoms with Crippen molar-refractivity contribution in [3.8, 4) is 0 Å². The molecule has 1 unspecified atom stereocenters. The highest BCUT2D eigenvalue weighted by Gasteiger charge is 2.38. The quantitative estimate of drug-likeness (QED) is 0.854. The summed E-state index contributed by atoms with van der Waals surface area (Å²) in [6.07, 6.45) is 5.09. The predicted octanol–water partition coefficient (Wildman–Crippen LogP) is 3.11. The van der Waals surface area contributed by atoms with Gasteiger partial charge in [0.05, 0.1) is 5.54 Å². The third-order valence-corrected chi connectivity index (χ3v) is 4.03. The van der Waals surface area contributed by atoms with Crippen molar-refractivity contribution in [3.05, 3.63) is 29.8 Å². The molecule has 1 saturated heterocycles. The molecule has 0 bridgehead atoms. The summed E-state index contributed by atoms with van der Waals surface area (Å²) in [7, 11) is 0. The summed E-state index contributed by atoms with van der Waals surface area (Å²) in [5.74, 6) is 0.107. The molecule has 2 rings (SSSR count). The molecule has 0 spiro atoms. The average molecular weight is 260 g/mol. The van der Waals surface area contributed by atoms with Gasteiger partial charge in [-0.1, -0.05) is 32.4 Å². The van der Waals surface area contributed by atoms with Crippen LogP contribution in [0.5, 0.6) is 0 Å². The molecule has 0 aliphatic carbocycles. The second-order valence-corrected chi connectivity index (χ2v) is 5.37. The smallest absolute Gasteiger partial charge is 0.244 e. The van der Waals surface area contributed by atoms with Gasteiger partial charge in [-0.2, -0.15) is 0 Å². The summed E-state index contributed by atoms with van der Waals surface area (Å²) in [4.78, 5) is 12.4. The maximum atomic E-state index is 12.4. The summed E-state index contributed by atoms with van der Waals surface area (Å²) in [5, 5.41) is 6.40. The van der Waals surface area contributed by atoms with Crippen molar-refractivity contribution in [2.45, 2.75) is 51.5 Å². The highest BCUT2D eigenvalue weighted by atomic mass is 16.2. The number of hydrogen-bond acceptors (Lipinski definition) is 2. The third kappa shape index (κ3) is 3.16. The van der Waals surface area contributed by atoms with Gasteiger partial charge in [0.2, 0.25) is 5.91 Å². The second-order valence-electron chi connectivity index (χ2n) is 5.37. The molecule has 19 heavy (non-hydrogen) atoms. The Balaban J connectivity index is 2.02. The Morgan fingerprint density at radius 3 is 2.58 bits per heavy atom. The van der Waals surface area contributed by atoms with Crippen LogP contribution in [-0.2, 0) is 11.2 Å². The lowest BCUT2D eigenvalue weighted by molar-refractivity contribution is -0.122. The Bertz CT molecular complexity index is 419. The maximum Gasteiger partial charge on any atom is 0.244 e. The molecule has 1 amide bonds. The molecule has 1 aromatic rings. The summed E-state index contributed by atoms with van der Waals surface area (Å²) in [6, 6.07) is 8.20. The van der Waals surface area contributed by atoms with Gasteiger partial charge in [0.25, 0.3) is 0 Å². The van der Waals surface area contributed by atoms with E-state index in [0.29, 0.717) is 0 Å². The van der Waals surface area contributed by atoms with Crippen molar-refractivity contribution >= 4 is 11.6 Å². The van der Waals surface area contributed by atoms with Crippen molar-refractivity contribution < 1.29 is 4.79 Å². The van der Waals surface area contributed by atoms with Gasteiger partial charge in [-0.3, -0.25) is 4.79 Å². The molecule has 1 atom stereocenters. The van der Waals surface area contributed by atoms with E-state index in [1.807, 2.05) is 12.1 Å². The zero-order valence-electron chi connectivity index (χ0n) is 12.0. The van der Waals surface area contributed by atoms with E-state index in [9.17, 15) is 4.79 Å². The number of anilines is 1. The summed E-state index contributed by atoms with van der Waals surface area (Å²) < 4.78 is 0. The fourth-order valence-electron chi connectivity index (χ4n) is 2.76. The van der Waals surface area contributed by atoms with E-state index in [-0.39, 0.29) is 11.4 Å². The fourth-order valence-corrected chi connectivity index (χ4v) is 2.76. The van der Waals surface area contributed by atoms with E-state index >= 15 is 0 Å². The first-order valence-corrected chi connectivity index (χ1v) is 7.35. The van der Waals surface area contributed by atoms with Crippen molar-refractivity contribution in [1.29, 1.82) is 0 Å². The number of amides is 1. The van der Waals surface area contributed by atoms with E-state index < -0.39 is 0 Å². The van der Waals surface area contributed by atoms with Crippen molar-refractivity contribution in [2.24, 2.45) is 0 Å². The largest absolute Gasteiger partial charge is 0.324 e. The van der Waals surface area contributed by atoms with Crippen LogP contribution in [0.2, 0.25) is 0 Å². The van der Waals surface area contributed by atoms with E-state index in [1.54, 1.807) is 0 Å². The normalized spacial score (nSPS) is 22.4. The molecule has 0 aromatic heterocycles. The molecule has 1 aromatic carbocycles. The van der Waals surface area contributed by atoms with Crippen molar-refractivity contribution in [3.63, 3.8) is 0 Å². The molecule has 0 radical (unpaired) electrons. The lowest BCUT2D eigenvalue weighted by Crippen LogP contribution is -2.50. The molecule has 104 valence electrons. The van der Waals surface area contributed by atoms with Gasteiger partial charge in [-0.25, -0.2) is 0 Å². The van der Waals surface area contributed by atoms with Crippen molar-refractivity contribution in [2.75, 3.05) is 11.9 Å². The average Bonchev–Trinajstić information content (AvgIpc) is 2.91. The van der Waals surface area contributed by atoms with Crippen LogP contribution in [0.15, 0.2) is 24.3 Å². The van der Waals surface area contributed by atoms with Gasteiger partial charge in [0, 0.05) is 5.69 Å². The third-order valence-electron chi connectivity index (χ3n) is 4.03. The van der Waals surface area contributed by atoms with Gasteiger partial charge in [0.1, 0.15) is 0 Å². The number of hydrogen-bond donors (Lipinski definition) is 2. The minimum Gasteiger partial charge on any atom is -0.324 e. The lowest BCUT2D eigenvalue weighted by atomic mass is 9.93. The van der Waals surface area contributed by atoms with Gasteiger partial charge in [0.15, 0.2) is 0 Å². The van der Waals surface area contributed by atoms with Gasteiger partial charge >= 0.3 is 0 Å². The number of carbonyl (C=O) groups excluding carboxylic acids is 1. The zero-order valence-corrected chi connectivity index (χ0v) is 12.0. The molecular formula is C16H24N2O. The molecule has 2 N–H and O–H groups in total. The molecule has 0 saturated carbocycles. The van der Waals surface area contributed by atoms with Crippen molar-refractivity contribution in [1.82, 2.24) is 5.32 Å². The highest BCUT2D eigenvalue weighted by molar-refractivity contribution is 5.98. The summed E-state index contributed by atoms with van der Waals surface area (Å²) in [5.41, 5.74) is 1.86. The molecular weight excluding hydrogens is 236 g/mol. The Morgan fingerprint density at radius 1 is 1.32 bits per heavy atom. The first-order valence-electron chi connectivity index (χ1n) is 7.35. The standard InChI is InChI=1S/C16H24N2O/c1-3-6-13-7-9-14(10-8-13)18-15(19)16(4-2)11-5-12-17-16/h7-10,17H,3-6,11-12H2,1-2H3,(H,18,19). The maximum absolute atomic E-state index is 12.4. The Hall–Kier alpha value is -1.35. The molecule has 1 aliphatic heterocycles. The number of aryl methyl sites for hydroxylation is 1. The molecule has 1 aliphatic rings. The van der Waals surface area contributed by atoms with Crippen LogP contribution in [0.1, 0.15) is 45.1 Å². The van der Waals surface area contributed by atoms with E-state index in [2.05, 4.69) is 36.6 Å². The van der Waals surface area contributed by atoms with Gasteiger partial charge in [-0.05, 0) is 49.9 Å². The van der Waals surface area contributed by atoms with Gasteiger partial charge < -0.3 is 10.6 Å². The van der Waals surface area contributed by atoms with Crippen LogP contribution in [0.25, 0.3) is 0 Å². The van der Waals surface area contributed by atoms with E-state index in [1.165, 1.54) is 5.56 Å². The van der Waals surface area contributed by atoms with Gasteiger partial charge in [-0.15, -0.1) is 0 Å². The Morgan fingerprint density at radius 2 is 2.05 bits per heavy atom. The topological polar surface area (TPSA) is 41.1 Å². The molecule has 1 fully saturated rings. The van der Waals surface area contributed by atoms with Crippen LogP contribution in [-0.4, -0.2) is 18.0 Å². The molecule has 3 heteroatoms. The Kier molecular flexibility index (Phi) is 4.59. The summed E-state index contributed by atoms with van der Waals surface area (Å²) >= 11 is 0. The van der Waals surface area contributed by atoms with Crippen LogP contribution < -0.4 is 10.6 Å². The SMILES string of the molecule is CCCc1ccc(NC(=O)C2(CC)CCCN2)cc1. The number of nitrogens with one attached hydrogen (secondary N) is 2. The number of carbonyl (C=O) groups is 1. The monoisotopic (exact) mass is 260 g/mol. The van der Waals surface area contributed by atoms with Crippen LogP contribution >= 0.6 is 0 Å². The number of benzene rings is 1. The minimum absolute atomic E-state index is 0.107. The summed E-state index contributed by atoms with van der Waals surface area (Å²) in [6.45, 7) is 5.19. The van der Waals surface area contributed by atoms with E-state index in [4.69, 9.17) is 0 Å². The molecule has 3 nitrogen and oxygen atoms in total. The fraction of sp³-hybridized carbons (Fsp3) is 0.562. The van der Waals surface area contributed by atoms with E-state index in [0.717, 1.165) is 44.3 Å². The Labute approximate surface area is 115 Å². The van der Waals surface area contributed by atoms with Crippen LogP contribution in [0, 0.1) is 0 Å². The van der Waals surface area contributed by atoms with Crippen LogP contribution in [0.3, 0.4) is 0 Å². The van der Waals surface area contributed by atoms with Crippen LogP contribution in [0.4, 0.5) is 5.69 Å². The first-order chi connectivity index (χ1) is 9.20. The second kappa shape index (κ2) is 6.20. The lowest BCUT2D eigenvalue weighted by Gasteiger charge is -2.26.